The van der Waals surface area contributed by atoms with Gasteiger partial charge in [0.05, 0.1) is 26.4 Å². The lowest BCUT2D eigenvalue weighted by atomic mass is 10.1. The Balaban J connectivity index is 2.19. The molecule has 0 unspecified atom stereocenters. The molecular weight excluding hydrogens is 349 g/mol. The van der Waals surface area contributed by atoms with Gasteiger partial charge in [-0.15, -0.1) is 0 Å². The van der Waals surface area contributed by atoms with E-state index in [1.54, 1.807) is 18.2 Å². The van der Waals surface area contributed by atoms with Crippen LogP contribution in [0.3, 0.4) is 0 Å². The minimum Gasteiger partial charge on any atom is -0.496 e. The van der Waals surface area contributed by atoms with Crippen molar-refractivity contribution in [1.82, 2.24) is 0 Å². The summed E-state index contributed by atoms with van der Waals surface area (Å²) in [4.78, 5) is 12.0. The first-order valence-electron chi connectivity index (χ1n) is 7.22. The van der Waals surface area contributed by atoms with Gasteiger partial charge >= 0.3 is 0 Å². The van der Waals surface area contributed by atoms with Crippen LogP contribution in [0.25, 0.3) is 6.08 Å². The molecule has 1 N–H and O–H groups in total. The van der Waals surface area contributed by atoms with E-state index in [2.05, 4.69) is 5.32 Å². The van der Waals surface area contributed by atoms with Crippen LogP contribution in [0.1, 0.15) is 5.56 Å². The second-order valence-corrected chi connectivity index (χ2v) is 5.31. The highest BCUT2D eigenvalue weighted by Gasteiger charge is 2.10. The average molecular weight is 366 g/mol. The van der Waals surface area contributed by atoms with Crippen molar-refractivity contribution >= 4 is 29.3 Å². The average Bonchev–Trinajstić information content (AvgIpc) is 2.62. The maximum atomic E-state index is 13.1. The highest BCUT2D eigenvalue weighted by Crippen LogP contribution is 2.35. The van der Waals surface area contributed by atoms with Crippen molar-refractivity contribution in [3.05, 3.63) is 52.8 Å². The summed E-state index contributed by atoms with van der Waals surface area (Å²) >= 11 is 5.69. The highest BCUT2D eigenvalue weighted by atomic mass is 35.5. The van der Waals surface area contributed by atoms with Crippen LogP contribution < -0.4 is 19.5 Å². The molecule has 7 heteroatoms. The molecule has 0 radical (unpaired) electrons. The minimum atomic E-state index is -0.551. The number of benzene rings is 2. The first-order valence-corrected chi connectivity index (χ1v) is 7.60. The Bertz CT molecular complexity index is 808. The van der Waals surface area contributed by atoms with Gasteiger partial charge in [0, 0.05) is 23.4 Å². The van der Waals surface area contributed by atoms with E-state index in [0.29, 0.717) is 28.5 Å². The van der Waals surface area contributed by atoms with Crippen LogP contribution in [-0.2, 0) is 4.79 Å². The predicted molar refractivity (Wildman–Crippen MR) is 95.2 cm³/mol. The zero-order chi connectivity index (χ0) is 18.4. The number of methoxy groups -OCH3 is 3. The number of carbonyl (C=O) groups is 1. The third-order valence-corrected chi connectivity index (χ3v) is 3.63. The third-order valence-electron chi connectivity index (χ3n) is 3.34. The maximum absolute atomic E-state index is 13.1. The quantitative estimate of drug-likeness (QED) is 0.781. The molecule has 0 atom stereocenters. The lowest BCUT2D eigenvalue weighted by molar-refractivity contribution is -0.111. The second-order valence-electron chi connectivity index (χ2n) is 4.90. The second kappa shape index (κ2) is 8.39. The summed E-state index contributed by atoms with van der Waals surface area (Å²) < 4.78 is 28.9. The lowest BCUT2D eigenvalue weighted by Gasteiger charge is -2.12. The van der Waals surface area contributed by atoms with E-state index in [1.807, 2.05) is 0 Å². The van der Waals surface area contributed by atoms with Crippen molar-refractivity contribution in [2.24, 2.45) is 0 Å². The third kappa shape index (κ3) is 4.64. The molecule has 0 aromatic heterocycles. The summed E-state index contributed by atoms with van der Waals surface area (Å²) in [7, 11) is 4.55. The predicted octanol–water partition coefficient (Wildman–Crippen LogP) is 4.16. The van der Waals surface area contributed by atoms with E-state index in [0.717, 1.165) is 0 Å². The Kier molecular flexibility index (Phi) is 6.25. The standard InChI is InChI=1S/C18H17ClFNO4/c1-23-15-10-17(25-3)16(24-2)8-11(15)4-7-18(22)21-12-5-6-14(20)13(19)9-12/h4-10H,1-3H3,(H,21,22)/b7-4+. The number of halogens is 2. The monoisotopic (exact) mass is 365 g/mol. The number of ether oxygens (including phenoxy) is 3. The number of rotatable bonds is 6. The fourth-order valence-electron chi connectivity index (χ4n) is 2.11. The molecule has 0 saturated heterocycles. The van der Waals surface area contributed by atoms with E-state index in [1.165, 1.54) is 45.6 Å². The van der Waals surface area contributed by atoms with Gasteiger partial charge in [-0.25, -0.2) is 4.39 Å². The van der Waals surface area contributed by atoms with Gasteiger partial charge in [0.15, 0.2) is 11.5 Å². The molecule has 2 aromatic rings. The molecule has 0 bridgehead atoms. The Labute approximate surface area is 150 Å². The first-order chi connectivity index (χ1) is 12.0. The van der Waals surface area contributed by atoms with Gasteiger partial charge in [0.2, 0.25) is 5.91 Å². The fourth-order valence-corrected chi connectivity index (χ4v) is 2.29. The van der Waals surface area contributed by atoms with Crippen LogP contribution in [0.15, 0.2) is 36.4 Å². The van der Waals surface area contributed by atoms with Crippen molar-refractivity contribution in [2.45, 2.75) is 0 Å². The van der Waals surface area contributed by atoms with Crippen molar-refractivity contribution in [3.63, 3.8) is 0 Å². The molecule has 5 nitrogen and oxygen atoms in total. The lowest BCUT2D eigenvalue weighted by Crippen LogP contribution is -2.07. The molecule has 132 valence electrons. The van der Waals surface area contributed by atoms with E-state index >= 15 is 0 Å². The molecule has 0 spiro atoms. The SMILES string of the molecule is COc1cc(OC)c(OC)cc1/C=C/C(=O)Nc1ccc(F)c(Cl)c1. The molecule has 0 aliphatic carbocycles. The Hall–Kier alpha value is -2.73. The summed E-state index contributed by atoms with van der Waals surface area (Å²) in [6, 6.07) is 7.29. The van der Waals surface area contributed by atoms with E-state index in [4.69, 9.17) is 25.8 Å². The van der Waals surface area contributed by atoms with Crippen molar-refractivity contribution in [2.75, 3.05) is 26.6 Å². The molecule has 1 amide bonds. The molecule has 0 aliphatic rings. The smallest absolute Gasteiger partial charge is 0.248 e. The van der Waals surface area contributed by atoms with Crippen LogP contribution in [0.2, 0.25) is 5.02 Å². The number of carbonyl (C=O) groups excluding carboxylic acids is 1. The fraction of sp³-hybridized carbons (Fsp3) is 0.167. The number of nitrogens with one attached hydrogen (secondary N) is 1. The molecular formula is C18H17ClFNO4. The summed E-state index contributed by atoms with van der Waals surface area (Å²) in [6.07, 6.45) is 2.89. The molecule has 0 saturated carbocycles. The van der Waals surface area contributed by atoms with Crippen LogP contribution in [-0.4, -0.2) is 27.2 Å². The minimum absolute atomic E-state index is 0.0664. The number of anilines is 1. The number of amides is 1. The summed E-state index contributed by atoms with van der Waals surface area (Å²) in [5.74, 6) is 0.590. The summed E-state index contributed by atoms with van der Waals surface area (Å²) in [5.41, 5.74) is 1.02. The maximum Gasteiger partial charge on any atom is 0.248 e. The zero-order valence-corrected chi connectivity index (χ0v) is 14.7. The molecule has 25 heavy (non-hydrogen) atoms. The van der Waals surface area contributed by atoms with Crippen LogP contribution in [0, 0.1) is 5.82 Å². The molecule has 0 fully saturated rings. The molecule has 0 heterocycles. The first kappa shape index (κ1) is 18.6. The van der Waals surface area contributed by atoms with E-state index in [9.17, 15) is 9.18 Å². The Morgan fingerprint density at radius 2 is 1.68 bits per heavy atom. The Morgan fingerprint density at radius 3 is 2.28 bits per heavy atom. The van der Waals surface area contributed by atoms with Gasteiger partial charge in [-0.2, -0.15) is 0 Å². The van der Waals surface area contributed by atoms with Gasteiger partial charge in [-0.05, 0) is 30.3 Å². The number of hydrogen-bond acceptors (Lipinski definition) is 4. The van der Waals surface area contributed by atoms with Crippen molar-refractivity contribution in [1.29, 1.82) is 0 Å². The summed E-state index contributed by atoms with van der Waals surface area (Å²) in [5, 5.41) is 2.53. The summed E-state index contributed by atoms with van der Waals surface area (Å²) in [6.45, 7) is 0. The normalized spacial score (nSPS) is 10.6. The van der Waals surface area contributed by atoms with Gasteiger partial charge in [0.25, 0.3) is 0 Å². The van der Waals surface area contributed by atoms with Gasteiger partial charge in [-0.3, -0.25) is 4.79 Å². The number of hydrogen-bond donors (Lipinski definition) is 1. The topological polar surface area (TPSA) is 56.8 Å². The highest BCUT2D eigenvalue weighted by molar-refractivity contribution is 6.31. The molecule has 2 rings (SSSR count). The van der Waals surface area contributed by atoms with Gasteiger partial charge < -0.3 is 19.5 Å². The van der Waals surface area contributed by atoms with Crippen LogP contribution in [0.5, 0.6) is 17.2 Å². The van der Waals surface area contributed by atoms with E-state index in [-0.39, 0.29) is 5.02 Å². The van der Waals surface area contributed by atoms with Crippen molar-refractivity contribution < 1.29 is 23.4 Å². The van der Waals surface area contributed by atoms with Crippen molar-refractivity contribution in [3.8, 4) is 17.2 Å². The van der Waals surface area contributed by atoms with Crippen LogP contribution >= 0.6 is 11.6 Å². The molecule has 0 aliphatic heterocycles. The Morgan fingerprint density at radius 1 is 1.04 bits per heavy atom. The van der Waals surface area contributed by atoms with Gasteiger partial charge in [-0.1, -0.05) is 11.6 Å². The van der Waals surface area contributed by atoms with Crippen LogP contribution in [0.4, 0.5) is 10.1 Å². The zero-order valence-electron chi connectivity index (χ0n) is 13.9. The molecule has 2 aromatic carbocycles. The van der Waals surface area contributed by atoms with E-state index < -0.39 is 11.7 Å². The van der Waals surface area contributed by atoms with Gasteiger partial charge in [0.1, 0.15) is 11.6 Å². The largest absolute Gasteiger partial charge is 0.496 e.